The molecule has 118 valence electrons. The second-order valence-electron chi connectivity index (χ2n) is 4.99. The summed E-state index contributed by atoms with van der Waals surface area (Å²) in [6.45, 7) is 0.329. The van der Waals surface area contributed by atoms with Crippen molar-refractivity contribution in [2.45, 2.75) is 25.3 Å². The lowest BCUT2D eigenvalue weighted by atomic mass is 10.0. The van der Waals surface area contributed by atoms with Crippen molar-refractivity contribution in [1.29, 1.82) is 0 Å². The fraction of sp³-hybridized carbons (Fsp3) is 0.429. The predicted octanol–water partition coefficient (Wildman–Crippen LogP) is 1.68. The molecule has 1 aromatic carbocycles. The van der Waals surface area contributed by atoms with Gasteiger partial charge < -0.3 is 14.7 Å². The number of carbonyl (C=O) groups is 2. The van der Waals surface area contributed by atoms with Crippen molar-refractivity contribution in [2.75, 3.05) is 13.7 Å². The lowest BCUT2D eigenvalue weighted by molar-refractivity contribution is -0.385. The van der Waals surface area contributed by atoms with Gasteiger partial charge >= 0.3 is 11.7 Å². The first kappa shape index (κ1) is 15.7. The summed E-state index contributed by atoms with van der Waals surface area (Å²) in [5.74, 6) is -1.52. The lowest BCUT2D eigenvalue weighted by Crippen LogP contribution is -2.47. The standard InChI is InChI=1S/C14H16N2O6/c1-22-12-6-5-9(8-11(12)16(20)21)13(17)15-7-3-2-4-10(15)14(18)19/h5-6,8,10H,2-4,7H2,1H3,(H,18,19)/t10-/m1/s1. The molecule has 1 fully saturated rings. The average Bonchev–Trinajstić information content (AvgIpc) is 2.53. The van der Waals surface area contributed by atoms with Gasteiger partial charge in [0.25, 0.3) is 5.91 Å². The Morgan fingerprint density at radius 2 is 2.14 bits per heavy atom. The number of benzene rings is 1. The van der Waals surface area contributed by atoms with Crippen molar-refractivity contribution in [3.05, 3.63) is 33.9 Å². The van der Waals surface area contributed by atoms with Crippen LogP contribution in [0.25, 0.3) is 0 Å². The normalized spacial score (nSPS) is 17.9. The van der Waals surface area contributed by atoms with Gasteiger partial charge in [-0.15, -0.1) is 0 Å². The van der Waals surface area contributed by atoms with E-state index in [4.69, 9.17) is 4.74 Å². The number of ether oxygens (including phenoxy) is 1. The fourth-order valence-electron chi connectivity index (χ4n) is 2.56. The molecule has 22 heavy (non-hydrogen) atoms. The summed E-state index contributed by atoms with van der Waals surface area (Å²) in [5, 5.41) is 20.2. The summed E-state index contributed by atoms with van der Waals surface area (Å²) >= 11 is 0. The number of nitro groups is 1. The SMILES string of the molecule is COc1ccc(C(=O)N2CCCC[C@@H]2C(=O)O)cc1[N+](=O)[O-]. The lowest BCUT2D eigenvalue weighted by Gasteiger charge is -2.33. The maximum Gasteiger partial charge on any atom is 0.326 e. The van der Waals surface area contributed by atoms with Crippen LogP contribution in [0.1, 0.15) is 29.6 Å². The van der Waals surface area contributed by atoms with Gasteiger partial charge in [0.05, 0.1) is 12.0 Å². The zero-order chi connectivity index (χ0) is 16.3. The van der Waals surface area contributed by atoms with E-state index in [0.29, 0.717) is 19.4 Å². The van der Waals surface area contributed by atoms with E-state index in [2.05, 4.69) is 0 Å². The van der Waals surface area contributed by atoms with Gasteiger partial charge in [0.15, 0.2) is 5.75 Å². The minimum Gasteiger partial charge on any atom is -0.490 e. The van der Waals surface area contributed by atoms with Crippen LogP contribution >= 0.6 is 0 Å². The quantitative estimate of drug-likeness (QED) is 0.669. The summed E-state index contributed by atoms with van der Waals surface area (Å²) in [6, 6.07) is 2.98. The highest BCUT2D eigenvalue weighted by molar-refractivity contribution is 5.97. The molecule has 0 aliphatic carbocycles. The van der Waals surface area contributed by atoms with E-state index >= 15 is 0 Å². The summed E-state index contributed by atoms with van der Waals surface area (Å²) in [5.41, 5.74) is -0.238. The number of amides is 1. The molecule has 2 rings (SSSR count). The summed E-state index contributed by atoms with van der Waals surface area (Å²) in [4.78, 5) is 35.4. The number of carboxylic acid groups (broad SMARTS) is 1. The Hall–Kier alpha value is -2.64. The Bertz CT molecular complexity index is 615. The van der Waals surface area contributed by atoms with Crippen LogP contribution in [0.5, 0.6) is 5.75 Å². The molecule has 1 aliphatic heterocycles. The Morgan fingerprint density at radius 3 is 2.73 bits per heavy atom. The third-order valence-corrected chi connectivity index (χ3v) is 3.67. The molecule has 1 atom stereocenters. The highest BCUT2D eigenvalue weighted by Crippen LogP contribution is 2.29. The van der Waals surface area contributed by atoms with E-state index in [1.54, 1.807) is 0 Å². The Morgan fingerprint density at radius 1 is 1.41 bits per heavy atom. The Balaban J connectivity index is 2.34. The average molecular weight is 308 g/mol. The summed E-state index contributed by atoms with van der Waals surface area (Å²) < 4.78 is 4.89. The molecule has 0 radical (unpaired) electrons. The zero-order valence-electron chi connectivity index (χ0n) is 12.0. The molecule has 0 bridgehead atoms. The first-order valence-corrected chi connectivity index (χ1v) is 6.82. The van der Waals surface area contributed by atoms with Crippen LogP contribution in [-0.2, 0) is 4.79 Å². The number of carboxylic acids is 1. The van der Waals surface area contributed by atoms with Crippen LogP contribution < -0.4 is 4.74 Å². The minimum absolute atomic E-state index is 0.0509. The van der Waals surface area contributed by atoms with E-state index < -0.39 is 22.8 Å². The Kier molecular flexibility index (Phi) is 4.59. The fourth-order valence-corrected chi connectivity index (χ4v) is 2.56. The smallest absolute Gasteiger partial charge is 0.326 e. The number of aliphatic carboxylic acids is 1. The van der Waals surface area contributed by atoms with Crippen LogP contribution in [0.3, 0.4) is 0 Å². The van der Waals surface area contributed by atoms with Crippen molar-refractivity contribution >= 4 is 17.6 Å². The van der Waals surface area contributed by atoms with Crippen LogP contribution in [0.15, 0.2) is 18.2 Å². The number of methoxy groups -OCH3 is 1. The van der Waals surface area contributed by atoms with Gasteiger partial charge in [0, 0.05) is 18.2 Å². The molecule has 1 N–H and O–H groups in total. The van der Waals surface area contributed by atoms with Crippen molar-refractivity contribution in [2.24, 2.45) is 0 Å². The molecular weight excluding hydrogens is 292 g/mol. The molecule has 1 aromatic rings. The van der Waals surface area contributed by atoms with Gasteiger partial charge in [-0.05, 0) is 31.4 Å². The van der Waals surface area contributed by atoms with Gasteiger partial charge in [-0.2, -0.15) is 0 Å². The number of nitro benzene ring substituents is 1. The molecule has 8 nitrogen and oxygen atoms in total. The molecule has 8 heteroatoms. The van der Waals surface area contributed by atoms with Crippen molar-refractivity contribution in [3.8, 4) is 5.75 Å². The van der Waals surface area contributed by atoms with E-state index in [1.807, 2.05) is 0 Å². The van der Waals surface area contributed by atoms with Gasteiger partial charge in [-0.3, -0.25) is 14.9 Å². The Labute approximate surface area is 126 Å². The monoisotopic (exact) mass is 308 g/mol. The first-order valence-electron chi connectivity index (χ1n) is 6.82. The zero-order valence-corrected chi connectivity index (χ0v) is 12.0. The van der Waals surface area contributed by atoms with Crippen molar-refractivity contribution < 1.29 is 24.4 Å². The maximum atomic E-state index is 12.5. The van der Waals surface area contributed by atoms with E-state index in [9.17, 15) is 24.8 Å². The highest BCUT2D eigenvalue weighted by Gasteiger charge is 2.33. The van der Waals surface area contributed by atoms with E-state index in [0.717, 1.165) is 12.5 Å². The van der Waals surface area contributed by atoms with Crippen LogP contribution in [0.2, 0.25) is 0 Å². The number of piperidine rings is 1. The van der Waals surface area contributed by atoms with Crippen LogP contribution in [-0.4, -0.2) is 46.5 Å². The number of nitrogens with zero attached hydrogens (tertiary/aromatic N) is 2. The molecule has 1 amide bonds. The van der Waals surface area contributed by atoms with Gasteiger partial charge in [0.1, 0.15) is 6.04 Å². The van der Waals surface area contributed by atoms with E-state index in [-0.39, 0.29) is 17.0 Å². The second-order valence-corrected chi connectivity index (χ2v) is 4.99. The van der Waals surface area contributed by atoms with Crippen molar-refractivity contribution in [3.63, 3.8) is 0 Å². The molecule has 0 spiro atoms. The first-order chi connectivity index (χ1) is 10.5. The number of rotatable bonds is 4. The second kappa shape index (κ2) is 6.42. The molecule has 0 unspecified atom stereocenters. The third-order valence-electron chi connectivity index (χ3n) is 3.67. The molecular formula is C14H16N2O6. The molecule has 0 saturated carbocycles. The highest BCUT2D eigenvalue weighted by atomic mass is 16.6. The van der Waals surface area contributed by atoms with Gasteiger partial charge in [-0.25, -0.2) is 4.79 Å². The largest absolute Gasteiger partial charge is 0.490 e. The molecule has 1 aliphatic rings. The van der Waals surface area contributed by atoms with Crippen molar-refractivity contribution in [1.82, 2.24) is 4.90 Å². The molecule has 1 saturated heterocycles. The maximum absolute atomic E-state index is 12.5. The van der Waals surface area contributed by atoms with Gasteiger partial charge in [0.2, 0.25) is 0 Å². The number of carbonyl (C=O) groups excluding carboxylic acids is 1. The van der Waals surface area contributed by atoms with Gasteiger partial charge in [-0.1, -0.05) is 0 Å². The minimum atomic E-state index is -1.06. The topological polar surface area (TPSA) is 110 Å². The number of hydrogen-bond acceptors (Lipinski definition) is 5. The number of likely N-dealkylation sites (tertiary alicyclic amines) is 1. The summed E-state index contributed by atoms with van der Waals surface area (Å²) in [6.07, 6.45) is 1.84. The van der Waals surface area contributed by atoms with Crippen LogP contribution in [0, 0.1) is 10.1 Å². The van der Waals surface area contributed by atoms with E-state index in [1.165, 1.54) is 24.1 Å². The molecule has 1 heterocycles. The van der Waals surface area contributed by atoms with Crippen LogP contribution in [0.4, 0.5) is 5.69 Å². The predicted molar refractivity (Wildman–Crippen MR) is 76.0 cm³/mol. The number of hydrogen-bond donors (Lipinski definition) is 1. The molecule has 0 aromatic heterocycles. The third kappa shape index (κ3) is 3.00. The summed E-state index contributed by atoms with van der Waals surface area (Å²) in [7, 11) is 1.30.